The smallest absolute Gasteiger partial charge is 0.406 e. The molecule has 0 saturated carbocycles. The van der Waals surface area contributed by atoms with E-state index in [1.807, 2.05) is 0 Å². The Morgan fingerprint density at radius 2 is 1.65 bits per heavy atom. The first-order chi connectivity index (χ1) is 8.94. The van der Waals surface area contributed by atoms with E-state index in [0.717, 1.165) is 0 Å². The average molecular weight is 297 g/mol. The molecule has 118 valence electrons. The molecule has 0 radical (unpaired) electrons. The molecule has 1 atom stereocenters. The van der Waals surface area contributed by atoms with Gasteiger partial charge in [0.25, 0.3) is 0 Å². The van der Waals surface area contributed by atoms with Crippen LogP contribution in [0.2, 0.25) is 0 Å². The van der Waals surface area contributed by atoms with Crippen LogP contribution in [-0.2, 0) is 14.3 Å². The van der Waals surface area contributed by atoms with Crippen molar-refractivity contribution in [1.82, 2.24) is 4.90 Å². The van der Waals surface area contributed by atoms with Gasteiger partial charge in [0, 0.05) is 6.54 Å². The lowest BCUT2D eigenvalue weighted by Gasteiger charge is -2.32. The van der Waals surface area contributed by atoms with Crippen molar-refractivity contribution >= 4 is 11.9 Å². The number of esters is 1. The molecule has 0 bridgehead atoms. The van der Waals surface area contributed by atoms with Crippen molar-refractivity contribution in [2.24, 2.45) is 11.3 Å². The van der Waals surface area contributed by atoms with Gasteiger partial charge in [-0.25, -0.2) is 0 Å². The van der Waals surface area contributed by atoms with Crippen molar-refractivity contribution in [3.63, 3.8) is 0 Å². The number of nitrogens with zero attached hydrogens (tertiary/aromatic N) is 1. The summed E-state index contributed by atoms with van der Waals surface area (Å²) in [5, 5.41) is 0. The average Bonchev–Trinajstić information content (AvgIpc) is 2.22. The first kappa shape index (κ1) is 18.7. The number of ether oxygens (including phenoxy) is 1. The molecule has 20 heavy (non-hydrogen) atoms. The van der Waals surface area contributed by atoms with Crippen LogP contribution in [0.1, 0.15) is 34.6 Å². The van der Waals surface area contributed by atoms with Gasteiger partial charge in [-0.2, -0.15) is 13.2 Å². The third-order valence-corrected chi connectivity index (χ3v) is 2.70. The van der Waals surface area contributed by atoms with Crippen molar-refractivity contribution in [2.75, 3.05) is 19.7 Å². The molecule has 0 fully saturated rings. The number of hydrogen-bond donors (Lipinski definition) is 0. The molecule has 0 aliphatic rings. The summed E-state index contributed by atoms with van der Waals surface area (Å²) in [5.74, 6) is -2.88. The Morgan fingerprint density at radius 3 is 1.95 bits per heavy atom. The van der Waals surface area contributed by atoms with Gasteiger partial charge in [-0.05, 0) is 19.3 Å². The molecule has 1 unspecified atom stereocenters. The quantitative estimate of drug-likeness (QED) is 0.579. The number of alkyl halides is 3. The molecule has 7 heteroatoms. The molecular formula is C13H22F3NO3. The minimum absolute atomic E-state index is 0.0735. The Balaban J connectivity index is 5.26. The number of rotatable bonds is 5. The van der Waals surface area contributed by atoms with Gasteiger partial charge in [0.15, 0.2) is 0 Å². The third-order valence-electron chi connectivity index (χ3n) is 2.70. The van der Waals surface area contributed by atoms with Crippen LogP contribution in [0.15, 0.2) is 0 Å². The number of carbonyl (C=O) groups is 2. The summed E-state index contributed by atoms with van der Waals surface area (Å²) in [7, 11) is 0. The number of halogens is 3. The van der Waals surface area contributed by atoms with E-state index in [2.05, 4.69) is 0 Å². The Bertz CT molecular complexity index is 348. The van der Waals surface area contributed by atoms with Crippen molar-refractivity contribution < 1.29 is 27.5 Å². The second-order valence-corrected chi connectivity index (χ2v) is 5.52. The van der Waals surface area contributed by atoms with Gasteiger partial charge < -0.3 is 9.64 Å². The van der Waals surface area contributed by atoms with Gasteiger partial charge in [0.1, 0.15) is 12.5 Å². The van der Waals surface area contributed by atoms with E-state index in [9.17, 15) is 22.8 Å². The minimum atomic E-state index is -4.50. The summed E-state index contributed by atoms with van der Waals surface area (Å²) >= 11 is 0. The van der Waals surface area contributed by atoms with Gasteiger partial charge in [0.05, 0.1) is 6.61 Å². The van der Waals surface area contributed by atoms with Crippen molar-refractivity contribution in [1.29, 1.82) is 0 Å². The molecule has 0 aromatic rings. The van der Waals surface area contributed by atoms with Gasteiger partial charge in [-0.1, -0.05) is 20.8 Å². The van der Waals surface area contributed by atoms with Crippen LogP contribution in [0.3, 0.4) is 0 Å². The van der Waals surface area contributed by atoms with E-state index in [-0.39, 0.29) is 13.2 Å². The minimum Gasteiger partial charge on any atom is -0.465 e. The number of hydrogen-bond acceptors (Lipinski definition) is 3. The van der Waals surface area contributed by atoms with E-state index in [1.165, 1.54) is 6.92 Å². The second kappa shape index (κ2) is 6.95. The molecule has 0 rings (SSSR count). The summed E-state index contributed by atoms with van der Waals surface area (Å²) in [5.41, 5.74) is -0.817. The van der Waals surface area contributed by atoms with Crippen LogP contribution >= 0.6 is 0 Å². The first-order valence-corrected chi connectivity index (χ1v) is 6.46. The van der Waals surface area contributed by atoms with Crippen LogP contribution in [0.25, 0.3) is 0 Å². The lowest BCUT2D eigenvalue weighted by Crippen LogP contribution is -2.48. The highest BCUT2D eigenvalue weighted by molar-refractivity contribution is 5.98. The molecule has 0 aromatic carbocycles. The highest BCUT2D eigenvalue weighted by Crippen LogP contribution is 2.30. The fraction of sp³-hybridized carbons (Fsp3) is 0.846. The predicted octanol–water partition coefficient (Wildman–Crippen LogP) is 2.62. The maximum absolute atomic E-state index is 12.5. The van der Waals surface area contributed by atoms with Crippen LogP contribution in [0.4, 0.5) is 13.2 Å². The van der Waals surface area contributed by atoms with E-state index >= 15 is 0 Å². The molecule has 0 aromatic heterocycles. The number of amides is 1. The zero-order valence-electron chi connectivity index (χ0n) is 12.5. The van der Waals surface area contributed by atoms with E-state index < -0.39 is 35.9 Å². The zero-order chi connectivity index (χ0) is 16.1. The molecule has 4 nitrogen and oxygen atoms in total. The van der Waals surface area contributed by atoms with Crippen LogP contribution in [0.5, 0.6) is 0 Å². The van der Waals surface area contributed by atoms with E-state index in [0.29, 0.717) is 4.90 Å². The van der Waals surface area contributed by atoms with Crippen LogP contribution in [0, 0.1) is 11.3 Å². The lowest BCUT2D eigenvalue weighted by molar-refractivity contribution is -0.172. The highest BCUT2D eigenvalue weighted by Gasteiger charge is 2.43. The Labute approximate surface area is 117 Å². The van der Waals surface area contributed by atoms with Crippen LogP contribution in [-0.4, -0.2) is 42.6 Å². The standard InChI is InChI=1S/C13H22F3NO3/c1-6-17(8-13(14,15)16)10(18)9(12(3,4)5)11(19)20-7-2/h9H,6-8H2,1-5H3. The summed E-state index contributed by atoms with van der Waals surface area (Å²) in [6.07, 6.45) is -4.50. The largest absolute Gasteiger partial charge is 0.465 e. The second-order valence-electron chi connectivity index (χ2n) is 5.52. The topological polar surface area (TPSA) is 46.6 Å². The molecule has 0 spiro atoms. The highest BCUT2D eigenvalue weighted by atomic mass is 19.4. The summed E-state index contributed by atoms with van der Waals surface area (Å²) < 4.78 is 42.2. The maximum Gasteiger partial charge on any atom is 0.406 e. The van der Waals surface area contributed by atoms with Crippen LogP contribution < -0.4 is 0 Å². The molecular weight excluding hydrogens is 275 g/mol. The Kier molecular flexibility index (Phi) is 6.50. The lowest BCUT2D eigenvalue weighted by atomic mass is 9.79. The fourth-order valence-electron chi connectivity index (χ4n) is 1.79. The maximum atomic E-state index is 12.5. The molecule has 0 heterocycles. The fourth-order valence-corrected chi connectivity index (χ4v) is 1.79. The normalized spacial score (nSPS) is 13.8. The van der Waals surface area contributed by atoms with E-state index in [4.69, 9.17) is 4.74 Å². The van der Waals surface area contributed by atoms with Gasteiger partial charge in [-0.15, -0.1) is 0 Å². The Hall–Kier alpha value is -1.27. The van der Waals surface area contributed by atoms with Gasteiger partial charge in [0.2, 0.25) is 5.91 Å². The van der Waals surface area contributed by atoms with Gasteiger partial charge >= 0.3 is 12.1 Å². The zero-order valence-corrected chi connectivity index (χ0v) is 12.5. The SMILES string of the molecule is CCOC(=O)C(C(=O)N(CC)CC(F)(F)F)C(C)(C)C. The summed E-state index contributed by atoms with van der Waals surface area (Å²) in [4.78, 5) is 24.7. The molecule has 0 aliphatic carbocycles. The van der Waals surface area contributed by atoms with Gasteiger partial charge in [-0.3, -0.25) is 9.59 Å². The van der Waals surface area contributed by atoms with Crippen molar-refractivity contribution in [2.45, 2.75) is 40.8 Å². The molecule has 0 saturated heterocycles. The third kappa shape index (κ3) is 5.79. The van der Waals surface area contributed by atoms with Crippen molar-refractivity contribution in [3.8, 4) is 0 Å². The molecule has 1 amide bonds. The number of carbonyl (C=O) groups excluding carboxylic acids is 2. The first-order valence-electron chi connectivity index (χ1n) is 6.46. The van der Waals surface area contributed by atoms with Crippen molar-refractivity contribution in [3.05, 3.63) is 0 Å². The Morgan fingerprint density at radius 1 is 1.15 bits per heavy atom. The monoisotopic (exact) mass is 297 g/mol. The van der Waals surface area contributed by atoms with E-state index in [1.54, 1.807) is 27.7 Å². The molecule has 0 N–H and O–H groups in total. The predicted molar refractivity (Wildman–Crippen MR) is 67.9 cm³/mol. The summed E-state index contributed by atoms with van der Waals surface area (Å²) in [6.45, 7) is 6.46. The summed E-state index contributed by atoms with van der Waals surface area (Å²) in [6, 6.07) is 0. The molecule has 0 aliphatic heterocycles.